The van der Waals surface area contributed by atoms with Crippen LogP contribution in [0.3, 0.4) is 0 Å². The Hall–Kier alpha value is -3.01. The zero-order valence-corrected chi connectivity index (χ0v) is 18.1. The van der Waals surface area contributed by atoms with Gasteiger partial charge in [0.1, 0.15) is 22.8 Å². The largest absolute Gasteiger partial charge is 0.507 e. The number of methoxy groups -OCH3 is 1. The molecule has 0 aromatic heterocycles. The summed E-state index contributed by atoms with van der Waals surface area (Å²) in [4.78, 5) is 13.8. The van der Waals surface area contributed by atoms with E-state index in [1.807, 2.05) is 30.3 Å². The molecule has 1 aliphatic carbocycles. The summed E-state index contributed by atoms with van der Waals surface area (Å²) in [5.74, 6) is -0.860. The minimum absolute atomic E-state index is 0.00717. The number of benzene rings is 2. The Labute approximate surface area is 178 Å². The third-order valence-electron chi connectivity index (χ3n) is 6.01. The molecule has 2 aromatic carbocycles. The van der Waals surface area contributed by atoms with Crippen LogP contribution in [0, 0.1) is 11.8 Å². The standard InChI is InChI=1S/C26H30O4/c1-16(2)10-12-20-17(3)11-13-21(18-8-6-5-7-9-18)24(20)26(29)25-22(27)14-19(30-4)15-23(25)28/h5-11,14-15,20-21,24,27-28H,12-13H2,1-4H3/t20-,21+,24-/m1/s1. The van der Waals surface area contributed by atoms with Crippen LogP contribution in [0.25, 0.3) is 0 Å². The highest BCUT2D eigenvalue weighted by atomic mass is 16.5. The first-order valence-electron chi connectivity index (χ1n) is 10.3. The first kappa shape index (κ1) is 21.7. The summed E-state index contributed by atoms with van der Waals surface area (Å²) in [6.07, 6.45) is 5.86. The fourth-order valence-electron chi connectivity index (χ4n) is 4.40. The molecular formula is C26H30O4. The number of rotatable bonds is 6. The van der Waals surface area contributed by atoms with Gasteiger partial charge in [0.2, 0.25) is 0 Å². The maximum Gasteiger partial charge on any atom is 0.174 e. The minimum Gasteiger partial charge on any atom is -0.507 e. The van der Waals surface area contributed by atoms with Crippen LogP contribution >= 0.6 is 0 Å². The molecule has 0 saturated carbocycles. The van der Waals surface area contributed by atoms with Gasteiger partial charge in [-0.05, 0) is 51.0 Å². The summed E-state index contributed by atoms with van der Waals surface area (Å²) in [5.41, 5.74) is 3.43. The van der Waals surface area contributed by atoms with Crippen molar-refractivity contribution in [2.24, 2.45) is 11.8 Å². The minimum atomic E-state index is -0.391. The van der Waals surface area contributed by atoms with Gasteiger partial charge >= 0.3 is 0 Å². The SMILES string of the molecule is COc1cc(O)c(C(=O)[C@@H]2[C@H](CC=C(C)C)C(C)=CC[C@H]2c2ccccc2)c(O)c1. The van der Waals surface area contributed by atoms with Crippen molar-refractivity contribution in [3.63, 3.8) is 0 Å². The Bertz CT molecular complexity index is 945. The van der Waals surface area contributed by atoms with Gasteiger partial charge in [0.05, 0.1) is 7.11 Å². The van der Waals surface area contributed by atoms with Gasteiger partial charge in [0, 0.05) is 18.1 Å². The number of Topliss-reactive ketones (excluding diaryl/α,β-unsaturated/α-hetero) is 1. The van der Waals surface area contributed by atoms with Gasteiger partial charge in [0.15, 0.2) is 5.78 Å². The van der Waals surface area contributed by atoms with Crippen molar-refractivity contribution in [1.29, 1.82) is 0 Å². The van der Waals surface area contributed by atoms with Crippen LogP contribution in [0.4, 0.5) is 0 Å². The van der Waals surface area contributed by atoms with Crippen LogP contribution in [0.1, 0.15) is 55.5 Å². The highest BCUT2D eigenvalue weighted by Crippen LogP contribution is 2.47. The van der Waals surface area contributed by atoms with E-state index in [-0.39, 0.29) is 34.7 Å². The van der Waals surface area contributed by atoms with Crippen LogP contribution in [-0.4, -0.2) is 23.1 Å². The van der Waals surface area contributed by atoms with E-state index in [4.69, 9.17) is 4.74 Å². The number of hydrogen-bond acceptors (Lipinski definition) is 4. The summed E-state index contributed by atoms with van der Waals surface area (Å²) in [6, 6.07) is 12.8. The number of carbonyl (C=O) groups excluding carboxylic acids is 1. The predicted octanol–water partition coefficient (Wildman–Crippen LogP) is 6.01. The molecule has 0 amide bonds. The lowest BCUT2D eigenvalue weighted by atomic mass is 9.65. The average molecular weight is 407 g/mol. The molecule has 0 spiro atoms. The Balaban J connectivity index is 2.11. The molecule has 2 aromatic rings. The summed E-state index contributed by atoms with van der Waals surface area (Å²) in [5, 5.41) is 21.1. The van der Waals surface area contributed by atoms with Crippen molar-refractivity contribution in [2.75, 3.05) is 7.11 Å². The van der Waals surface area contributed by atoms with Crippen molar-refractivity contribution < 1.29 is 19.7 Å². The quantitative estimate of drug-likeness (QED) is 0.455. The van der Waals surface area contributed by atoms with Gasteiger partial charge in [0.25, 0.3) is 0 Å². The number of hydrogen-bond donors (Lipinski definition) is 2. The van der Waals surface area contributed by atoms with Gasteiger partial charge in [-0.15, -0.1) is 0 Å². The first-order chi connectivity index (χ1) is 14.3. The number of carbonyl (C=O) groups is 1. The van der Waals surface area contributed by atoms with E-state index in [1.54, 1.807) is 0 Å². The van der Waals surface area contributed by atoms with Gasteiger partial charge in [-0.1, -0.05) is 53.6 Å². The van der Waals surface area contributed by atoms with Crippen LogP contribution in [0.2, 0.25) is 0 Å². The van der Waals surface area contributed by atoms with Crippen molar-refractivity contribution in [3.8, 4) is 17.2 Å². The molecule has 2 N–H and O–H groups in total. The zero-order chi connectivity index (χ0) is 21.8. The fraction of sp³-hybridized carbons (Fsp3) is 0.346. The average Bonchev–Trinajstić information content (AvgIpc) is 2.72. The van der Waals surface area contributed by atoms with Crippen molar-refractivity contribution in [2.45, 2.75) is 39.5 Å². The lowest BCUT2D eigenvalue weighted by Gasteiger charge is -2.37. The van der Waals surface area contributed by atoms with Crippen LogP contribution in [0.5, 0.6) is 17.2 Å². The Kier molecular flexibility index (Phi) is 6.66. The molecule has 3 rings (SSSR count). The molecule has 4 nitrogen and oxygen atoms in total. The monoisotopic (exact) mass is 406 g/mol. The van der Waals surface area contributed by atoms with E-state index in [0.29, 0.717) is 5.75 Å². The highest BCUT2D eigenvalue weighted by Gasteiger charge is 2.40. The van der Waals surface area contributed by atoms with Crippen LogP contribution in [0.15, 0.2) is 65.8 Å². The van der Waals surface area contributed by atoms with Gasteiger partial charge < -0.3 is 14.9 Å². The second-order valence-corrected chi connectivity index (χ2v) is 8.26. The Morgan fingerprint density at radius 3 is 2.33 bits per heavy atom. The molecule has 1 aliphatic rings. The summed E-state index contributed by atoms with van der Waals surface area (Å²) < 4.78 is 5.10. The van der Waals surface area contributed by atoms with Crippen molar-refractivity contribution in [3.05, 3.63) is 76.9 Å². The van der Waals surface area contributed by atoms with E-state index in [9.17, 15) is 15.0 Å². The fourth-order valence-corrected chi connectivity index (χ4v) is 4.40. The number of phenolic OH excluding ortho intramolecular Hbond substituents is 2. The number of allylic oxidation sites excluding steroid dienone is 4. The Morgan fingerprint density at radius 1 is 1.13 bits per heavy atom. The summed E-state index contributed by atoms with van der Waals surface area (Å²) >= 11 is 0. The highest BCUT2D eigenvalue weighted by molar-refractivity contribution is 6.03. The van der Waals surface area contributed by atoms with Crippen molar-refractivity contribution in [1.82, 2.24) is 0 Å². The smallest absolute Gasteiger partial charge is 0.174 e. The third kappa shape index (κ3) is 4.43. The molecule has 0 radical (unpaired) electrons. The second-order valence-electron chi connectivity index (χ2n) is 8.26. The number of ketones is 1. The lowest BCUT2D eigenvalue weighted by Crippen LogP contribution is -2.33. The van der Waals surface area contributed by atoms with E-state index >= 15 is 0 Å². The summed E-state index contributed by atoms with van der Waals surface area (Å²) in [7, 11) is 1.45. The second kappa shape index (κ2) is 9.21. The molecule has 0 heterocycles. The molecule has 0 bridgehead atoms. The van der Waals surface area contributed by atoms with E-state index in [2.05, 4.69) is 32.9 Å². The summed E-state index contributed by atoms with van der Waals surface area (Å²) in [6.45, 7) is 6.17. The predicted molar refractivity (Wildman–Crippen MR) is 119 cm³/mol. The van der Waals surface area contributed by atoms with Crippen molar-refractivity contribution >= 4 is 5.78 Å². The number of ether oxygens (including phenoxy) is 1. The van der Waals surface area contributed by atoms with Crippen LogP contribution in [-0.2, 0) is 0 Å². The third-order valence-corrected chi connectivity index (χ3v) is 6.01. The lowest BCUT2D eigenvalue weighted by molar-refractivity contribution is 0.0844. The molecule has 0 aliphatic heterocycles. The van der Waals surface area contributed by atoms with Gasteiger partial charge in [-0.3, -0.25) is 4.79 Å². The molecule has 30 heavy (non-hydrogen) atoms. The number of phenols is 2. The van der Waals surface area contributed by atoms with E-state index in [1.165, 1.54) is 30.4 Å². The van der Waals surface area contributed by atoms with Crippen LogP contribution < -0.4 is 4.74 Å². The maximum atomic E-state index is 13.8. The molecular weight excluding hydrogens is 376 g/mol. The van der Waals surface area contributed by atoms with E-state index in [0.717, 1.165) is 18.4 Å². The number of aromatic hydroxyl groups is 2. The molecule has 0 fully saturated rings. The van der Waals surface area contributed by atoms with Gasteiger partial charge in [-0.2, -0.15) is 0 Å². The maximum absolute atomic E-state index is 13.8. The molecule has 4 heteroatoms. The Morgan fingerprint density at radius 2 is 1.77 bits per heavy atom. The molecule has 0 saturated heterocycles. The van der Waals surface area contributed by atoms with E-state index < -0.39 is 5.92 Å². The molecule has 0 unspecified atom stereocenters. The molecule has 158 valence electrons. The zero-order valence-electron chi connectivity index (χ0n) is 18.1. The first-order valence-corrected chi connectivity index (χ1v) is 10.3. The normalized spacial score (nSPS) is 20.9. The van der Waals surface area contributed by atoms with Gasteiger partial charge in [-0.25, -0.2) is 0 Å². The molecule has 3 atom stereocenters. The topological polar surface area (TPSA) is 66.8 Å².